The second kappa shape index (κ2) is 4.89. The normalized spacial score (nSPS) is 12.3. The standard InChI is InChI=1S/C11H13FO3/c1-7-3-4-8(12)5-9(7)10(13)6-11(14)15-2/h3-5,10,13H,6H2,1-2H3/t10-/m0/s1. The van der Waals surface area contributed by atoms with E-state index in [1.807, 2.05) is 0 Å². The topological polar surface area (TPSA) is 46.5 Å². The molecular formula is C11H13FO3. The van der Waals surface area contributed by atoms with E-state index >= 15 is 0 Å². The second-order valence-electron chi connectivity index (χ2n) is 3.30. The summed E-state index contributed by atoms with van der Waals surface area (Å²) in [5.74, 6) is -0.953. The Morgan fingerprint density at radius 1 is 1.60 bits per heavy atom. The lowest BCUT2D eigenvalue weighted by Crippen LogP contribution is -2.09. The predicted octanol–water partition coefficient (Wildman–Crippen LogP) is 1.73. The van der Waals surface area contributed by atoms with Crippen molar-refractivity contribution in [3.63, 3.8) is 0 Å². The van der Waals surface area contributed by atoms with Gasteiger partial charge in [-0.15, -0.1) is 0 Å². The Kier molecular flexibility index (Phi) is 3.80. The minimum atomic E-state index is -1.02. The number of aliphatic hydroxyl groups excluding tert-OH is 1. The lowest BCUT2D eigenvalue weighted by Gasteiger charge is -2.12. The molecule has 0 saturated carbocycles. The van der Waals surface area contributed by atoms with Gasteiger partial charge in [-0.25, -0.2) is 4.39 Å². The molecule has 0 saturated heterocycles. The fraction of sp³-hybridized carbons (Fsp3) is 0.364. The molecule has 0 bridgehead atoms. The molecule has 0 fully saturated rings. The lowest BCUT2D eigenvalue weighted by molar-refractivity contribution is -0.142. The van der Waals surface area contributed by atoms with Crippen molar-refractivity contribution in [2.75, 3.05) is 7.11 Å². The molecule has 0 aliphatic heterocycles. The number of methoxy groups -OCH3 is 1. The maximum absolute atomic E-state index is 12.9. The Bertz CT molecular complexity index is 363. The van der Waals surface area contributed by atoms with E-state index < -0.39 is 17.9 Å². The highest BCUT2D eigenvalue weighted by Crippen LogP contribution is 2.21. The van der Waals surface area contributed by atoms with Crippen LogP contribution in [0.4, 0.5) is 4.39 Å². The van der Waals surface area contributed by atoms with E-state index in [-0.39, 0.29) is 6.42 Å². The predicted molar refractivity (Wildman–Crippen MR) is 52.7 cm³/mol. The van der Waals surface area contributed by atoms with Crippen LogP contribution in [0.1, 0.15) is 23.7 Å². The summed E-state index contributed by atoms with van der Waals surface area (Å²) in [5.41, 5.74) is 1.16. The lowest BCUT2D eigenvalue weighted by atomic mass is 10.0. The number of hydrogen-bond donors (Lipinski definition) is 1. The van der Waals surface area contributed by atoms with Crippen molar-refractivity contribution in [2.24, 2.45) is 0 Å². The number of halogens is 1. The van der Waals surface area contributed by atoms with Crippen molar-refractivity contribution >= 4 is 5.97 Å². The van der Waals surface area contributed by atoms with Gasteiger partial charge in [-0.05, 0) is 30.2 Å². The smallest absolute Gasteiger partial charge is 0.308 e. The molecule has 1 aromatic rings. The summed E-state index contributed by atoms with van der Waals surface area (Å²) in [5, 5.41) is 9.66. The SMILES string of the molecule is COC(=O)C[C@H](O)c1cc(F)ccc1C. The van der Waals surface area contributed by atoms with Gasteiger partial charge < -0.3 is 9.84 Å². The van der Waals surface area contributed by atoms with Crippen molar-refractivity contribution in [1.82, 2.24) is 0 Å². The molecule has 82 valence electrons. The molecule has 0 aliphatic carbocycles. The largest absolute Gasteiger partial charge is 0.469 e. The van der Waals surface area contributed by atoms with E-state index in [1.54, 1.807) is 13.0 Å². The van der Waals surface area contributed by atoms with Crippen molar-refractivity contribution in [3.05, 3.63) is 35.1 Å². The van der Waals surface area contributed by atoms with Crippen molar-refractivity contribution < 1.29 is 19.0 Å². The van der Waals surface area contributed by atoms with E-state index in [1.165, 1.54) is 19.2 Å². The first-order valence-corrected chi connectivity index (χ1v) is 4.55. The summed E-state index contributed by atoms with van der Waals surface area (Å²) in [6, 6.07) is 4.10. The van der Waals surface area contributed by atoms with Gasteiger partial charge in [-0.1, -0.05) is 6.07 Å². The molecule has 0 radical (unpaired) electrons. The van der Waals surface area contributed by atoms with E-state index in [0.717, 1.165) is 5.56 Å². The van der Waals surface area contributed by atoms with Crippen molar-refractivity contribution in [3.8, 4) is 0 Å². The maximum Gasteiger partial charge on any atom is 0.308 e. The van der Waals surface area contributed by atoms with Crippen LogP contribution in [-0.2, 0) is 9.53 Å². The zero-order valence-electron chi connectivity index (χ0n) is 8.66. The summed E-state index contributed by atoms with van der Waals surface area (Å²) in [7, 11) is 1.24. The summed E-state index contributed by atoms with van der Waals surface area (Å²) in [4.78, 5) is 10.9. The first-order chi connectivity index (χ1) is 7.04. The molecular weight excluding hydrogens is 199 g/mol. The zero-order chi connectivity index (χ0) is 11.4. The minimum Gasteiger partial charge on any atom is -0.469 e. The number of rotatable bonds is 3. The van der Waals surface area contributed by atoms with Crippen LogP contribution < -0.4 is 0 Å². The van der Waals surface area contributed by atoms with Gasteiger partial charge in [0.15, 0.2) is 0 Å². The number of hydrogen-bond acceptors (Lipinski definition) is 3. The Balaban J connectivity index is 2.85. The molecule has 0 aliphatic rings. The molecule has 1 atom stereocenters. The number of carbonyl (C=O) groups is 1. The first-order valence-electron chi connectivity index (χ1n) is 4.55. The van der Waals surface area contributed by atoms with Crippen LogP contribution in [0.15, 0.2) is 18.2 Å². The molecule has 0 aromatic heterocycles. The average Bonchev–Trinajstić information content (AvgIpc) is 2.21. The monoisotopic (exact) mass is 212 g/mol. The highest BCUT2D eigenvalue weighted by Gasteiger charge is 2.15. The van der Waals surface area contributed by atoms with Gasteiger partial charge in [-0.3, -0.25) is 4.79 Å². The molecule has 1 rings (SSSR count). The summed E-state index contributed by atoms with van der Waals surface area (Å²) in [6.45, 7) is 1.75. The van der Waals surface area contributed by atoms with Crippen LogP contribution in [0.25, 0.3) is 0 Å². The molecule has 15 heavy (non-hydrogen) atoms. The van der Waals surface area contributed by atoms with E-state index in [2.05, 4.69) is 4.74 Å². The number of esters is 1. The van der Waals surface area contributed by atoms with E-state index in [9.17, 15) is 14.3 Å². The number of benzene rings is 1. The average molecular weight is 212 g/mol. The molecule has 1 aromatic carbocycles. The van der Waals surface area contributed by atoms with Gasteiger partial charge in [0.2, 0.25) is 0 Å². The second-order valence-corrected chi connectivity index (χ2v) is 3.30. The fourth-order valence-corrected chi connectivity index (χ4v) is 1.32. The number of carbonyl (C=O) groups excluding carboxylic acids is 1. The van der Waals surface area contributed by atoms with Gasteiger partial charge in [-0.2, -0.15) is 0 Å². The third-order valence-electron chi connectivity index (χ3n) is 2.19. The van der Waals surface area contributed by atoms with Crippen LogP contribution in [0, 0.1) is 12.7 Å². The van der Waals surface area contributed by atoms with Crippen LogP contribution in [0.2, 0.25) is 0 Å². The van der Waals surface area contributed by atoms with Gasteiger partial charge in [0.1, 0.15) is 5.82 Å². The number of aryl methyl sites for hydroxylation is 1. The summed E-state index contributed by atoms with van der Waals surface area (Å²) in [6.07, 6.45) is -1.19. The Labute approximate surface area is 87.5 Å². The van der Waals surface area contributed by atoms with E-state index in [4.69, 9.17) is 0 Å². The van der Waals surface area contributed by atoms with Gasteiger partial charge >= 0.3 is 5.97 Å². The van der Waals surface area contributed by atoms with Crippen molar-refractivity contribution in [2.45, 2.75) is 19.4 Å². The number of ether oxygens (including phenoxy) is 1. The third kappa shape index (κ3) is 3.02. The van der Waals surface area contributed by atoms with Crippen LogP contribution in [0.5, 0.6) is 0 Å². The molecule has 0 amide bonds. The van der Waals surface area contributed by atoms with E-state index in [0.29, 0.717) is 5.56 Å². The van der Waals surface area contributed by atoms with Crippen LogP contribution >= 0.6 is 0 Å². The van der Waals surface area contributed by atoms with Gasteiger partial charge in [0.25, 0.3) is 0 Å². The fourth-order valence-electron chi connectivity index (χ4n) is 1.32. The molecule has 3 nitrogen and oxygen atoms in total. The van der Waals surface area contributed by atoms with Crippen LogP contribution in [-0.4, -0.2) is 18.2 Å². The minimum absolute atomic E-state index is 0.166. The first kappa shape index (κ1) is 11.7. The van der Waals surface area contributed by atoms with Gasteiger partial charge in [0, 0.05) is 0 Å². The Morgan fingerprint density at radius 2 is 2.27 bits per heavy atom. The zero-order valence-corrected chi connectivity index (χ0v) is 8.66. The van der Waals surface area contributed by atoms with Gasteiger partial charge in [0.05, 0.1) is 19.6 Å². The number of aliphatic hydroxyl groups is 1. The molecule has 0 heterocycles. The molecule has 0 unspecified atom stereocenters. The Hall–Kier alpha value is -1.42. The summed E-state index contributed by atoms with van der Waals surface area (Å²) >= 11 is 0. The Morgan fingerprint density at radius 3 is 2.87 bits per heavy atom. The highest BCUT2D eigenvalue weighted by atomic mass is 19.1. The maximum atomic E-state index is 12.9. The third-order valence-corrected chi connectivity index (χ3v) is 2.19. The molecule has 4 heteroatoms. The molecule has 0 spiro atoms. The van der Waals surface area contributed by atoms with Crippen LogP contribution in [0.3, 0.4) is 0 Å². The van der Waals surface area contributed by atoms with Crippen molar-refractivity contribution in [1.29, 1.82) is 0 Å². The quantitative estimate of drug-likeness (QED) is 0.776. The highest BCUT2D eigenvalue weighted by molar-refractivity contribution is 5.70. The molecule has 1 N–H and O–H groups in total. The summed E-state index contributed by atoms with van der Waals surface area (Å²) < 4.78 is 17.3.